The van der Waals surface area contributed by atoms with Gasteiger partial charge in [0.2, 0.25) is 6.79 Å². The van der Waals surface area contributed by atoms with Crippen LogP contribution in [-0.2, 0) is 16.0 Å². The fourth-order valence-corrected chi connectivity index (χ4v) is 1.63. The molecule has 20 heavy (non-hydrogen) atoms. The molecule has 7 nitrogen and oxygen atoms in total. The first kappa shape index (κ1) is 14.4. The molecule has 0 unspecified atom stereocenters. The lowest BCUT2D eigenvalue weighted by Crippen LogP contribution is -2.36. The van der Waals surface area contributed by atoms with Gasteiger partial charge in [-0.2, -0.15) is 0 Å². The molecule has 2 amide bonds. The van der Waals surface area contributed by atoms with Crippen molar-refractivity contribution in [1.82, 2.24) is 10.6 Å². The van der Waals surface area contributed by atoms with Crippen LogP contribution in [0.25, 0.3) is 0 Å². The van der Waals surface area contributed by atoms with E-state index in [-0.39, 0.29) is 19.6 Å². The third kappa shape index (κ3) is 4.29. The summed E-state index contributed by atoms with van der Waals surface area (Å²) in [6.07, 6.45) is 0. The molecule has 1 aromatic carbocycles. The van der Waals surface area contributed by atoms with Crippen molar-refractivity contribution in [3.63, 3.8) is 0 Å². The van der Waals surface area contributed by atoms with Gasteiger partial charge in [-0.1, -0.05) is 6.07 Å². The lowest BCUT2D eigenvalue weighted by molar-refractivity contribution is 0.0642. The van der Waals surface area contributed by atoms with Crippen LogP contribution in [0.3, 0.4) is 0 Å². The van der Waals surface area contributed by atoms with Gasteiger partial charge >= 0.3 is 6.03 Å². The zero-order chi connectivity index (χ0) is 14.2. The van der Waals surface area contributed by atoms with E-state index in [2.05, 4.69) is 10.6 Å². The Morgan fingerprint density at radius 2 is 2.10 bits per heavy atom. The molecule has 1 aromatic rings. The third-order valence-electron chi connectivity index (χ3n) is 2.66. The van der Waals surface area contributed by atoms with Crippen LogP contribution in [-0.4, -0.2) is 39.9 Å². The Morgan fingerprint density at radius 3 is 2.95 bits per heavy atom. The van der Waals surface area contributed by atoms with Crippen molar-refractivity contribution in [1.29, 1.82) is 0 Å². The minimum atomic E-state index is -0.292. The summed E-state index contributed by atoms with van der Waals surface area (Å²) in [5.74, 6) is 1.43. The lowest BCUT2D eigenvalue weighted by Gasteiger charge is -2.08. The van der Waals surface area contributed by atoms with E-state index in [1.54, 1.807) is 7.11 Å². The second-order valence-electron chi connectivity index (χ2n) is 4.09. The molecule has 1 heterocycles. The molecule has 0 atom stereocenters. The number of ether oxygens (including phenoxy) is 4. The van der Waals surface area contributed by atoms with Gasteiger partial charge in [-0.3, -0.25) is 0 Å². The molecule has 2 rings (SSSR count). The molecule has 0 fully saturated rings. The number of benzene rings is 1. The first-order valence-corrected chi connectivity index (χ1v) is 6.26. The standard InChI is InChI=1S/C13H18N2O5/c1-17-4-5-18-8-15-13(16)14-7-10-2-3-11-12(6-10)20-9-19-11/h2-3,6H,4-5,7-9H2,1H3,(H2,14,15,16). The summed E-state index contributed by atoms with van der Waals surface area (Å²) in [6.45, 7) is 1.74. The number of fused-ring (bicyclic) bond motifs is 1. The molecule has 0 bridgehead atoms. The predicted octanol–water partition coefficient (Wildman–Crippen LogP) is 0.835. The zero-order valence-corrected chi connectivity index (χ0v) is 11.3. The summed E-state index contributed by atoms with van der Waals surface area (Å²) in [6, 6.07) is 5.26. The van der Waals surface area contributed by atoms with Gasteiger partial charge in [0.1, 0.15) is 6.73 Å². The molecule has 7 heteroatoms. The summed E-state index contributed by atoms with van der Waals surface area (Å²) >= 11 is 0. The van der Waals surface area contributed by atoms with E-state index in [9.17, 15) is 4.79 Å². The number of hydrogen-bond donors (Lipinski definition) is 2. The maximum atomic E-state index is 11.5. The fourth-order valence-electron chi connectivity index (χ4n) is 1.63. The molecule has 0 aromatic heterocycles. The fraction of sp³-hybridized carbons (Fsp3) is 0.462. The van der Waals surface area contributed by atoms with Gasteiger partial charge in [0.25, 0.3) is 0 Å². The lowest BCUT2D eigenvalue weighted by atomic mass is 10.2. The summed E-state index contributed by atoms with van der Waals surface area (Å²) in [5.41, 5.74) is 0.935. The van der Waals surface area contributed by atoms with Gasteiger partial charge < -0.3 is 29.6 Å². The number of methoxy groups -OCH3 is 1. The Balaban J connectivity index is 1.66. The molecular weight excluding hydrogens is 264 g/mol. The van der Waals surface area contributed by atoms with Crippen molar-refractivity contribution in [2.75, 3.05) is 33.8 Å². The van der Waals surface area contributed by atoms with E-state index in [0.29, 0.717) is 25.5 Å². The smallest absolute Gasteiger partial charge is 0.316 e. The van der Waals surface area contributed by atoms with Crippen LogP contribution in [0.1, 0.15) is 5.56 Å². The quantitative estimate of drug-likeness (QED) is 0.572. The van der Waals surface area contributed by atoms with Gasteiger partial charge in [0.05, 0.1) is 13.2 Å². The van der Waals surface area contributed by atoms with E-state index in [1.807, 2.05) is 18.2 Å². The highest BCUT2D eigenvalue weighted by Gasteiger charge is 2.13. The molecule has 1 aliphatic rings. The molecular formula is C13H18N2O5. The van der Waals surface area contributed by atoms with Crippen LogP contribution >= 0.6 is 0 Å². The maximum Gasteiger partial charge on any atom is 0.316 e. The van der Waals surface area contributed by atoms with E-state index < -0.39 is 0 Å². The number of amides is 2. The second-order valence-corrected chi connectivity index (χ2v) is 4.09. The first-order chi connectivity index (χ1) is 9.79. The van der Waals surface area contributed by atoms with Gasteiger partial charge in [0, 0.05) is 13.7 Å². The monoisotopic (exact) mass is 282 g/mol. The highest BCUT2D eigenvalue weighted by molar-refractivity contribution is 5.73. The Morgan fingerprint density at radius 1 is 1.25 bits per heavy atom. The molecule has 0 aliphatic carbocycles. The first-order valence-electron chi connectivity index (χ1n) is 6.26. The Hall–Kier alpha value is -1.99. The van der Waals surface area contributed by atoms with Crippen LogP contribution < -0.4 is 20.1 Å². The SMILES string of the molecule is COCCOCNC(=O)NCc1ccc2c(c1)OCO2. The number of urea groups is 1. The molecule has 0 spiro atoms. The van der Waals surface area contributed by atoms with Crippen molar-refractivity contribution in [2.24, 2.45) is 0 Å². The zero-order valence-electron chi connectivity index (χ0n) is 11.3. The van der Waals surface area contributed by atoms with Crippen LogP contribution in [0, 0.1) is 0 Å². The van der Waals surface area contributed by atoms with Crippen molar-refractivity contribution in [3.8, 4) is 11.5 Å². The van der Waals surface area contributed by atoms with Crippen molar-refractivity contribution in [3.05, 3.63) is 23.8 Å². The molecule has 2 N–H and O–H groups in total. The average molecular weight is 282 g/mol. The number of hydrogen-bond acceptors (Lipinski definition) is 5. The Bertz CT molecular complexity index is 452. The van der Waals surface area contributed by atoms with Gasteiger partial charge in [-0.05, 0) is 17.7 Å². The van der Waals surface area contributed by atoms with Gasteiger partial charge in [0.15, 0.2) is 11.5 Å². The summed E-state index contributed by atoms with van der Waals surface area (Å²) < 4.78 is 20.4. The number of carbonyl (C=O) groups is 1. The molecule has 0 saturated carbocycles. The topological polar surface area (TPSA) is 78.1 Å². The number of nitrogens with one attached hydrogen (secondary N) is 2. The van der Waals surface area contributed by atoms with Crippen molar-refractivity contribution < 1.29 is 23.7 Å². The summed E-state index contributed by atoms with van der Waals surface area (Å²) in [4.78, 5) is 11.5. The normalized spacial score (nSPS) is 12.2. The third-order valence-corrected chi connectivity index (χ3v) is 2.66. The minimum Gasteiger partial charge on any atom is -0.454 e. The van der Waals surface area contributed by atoms with Crippen LogP contribution in [0.2, 0.25) is 0 Å². The maximum absolute atomic E-state index is 11.5. The average Bonchev–Trinajstić information content (AvgIpc) is 2.92. The molecule has 0 saturated heterocycles. The van der Waals surface area contributed by atoms with Crippen LogP contribution in [0.5, 0.6) is 11.5 Å². The largest absolute Gasteiger partial charge is 0.454 e. The van der Waals surface area contributed by atoms with Crippen LogP contribution in [0.15, 0.2) is 18.2 Å². The highest BCUT2D eigenvalue weighted by Crippen LogP contribution is 2.32. The Labute approximate surface area is 117 Å². The van der Waals surface area contributed by atoms with E-state index in [4.69, 9.17) is 18.9 Å². The summed E-state index contributed by atoms with van der Waals surface area (Å²) in [7, 11) is 1.59. The van der Waals surface area contributed by atoms with E-state index >= 15 is 0 Å². The minimum absolute atomic E-state index is 0.149. The highest BCUT2D eigenvalue weighted by atomic mass is 16.7. The van der Waals surface area contributed by atoms with Crippen LogP contribution in [0.4, 0.5) is 4.79 Å². The van der Waals surface area contributed by atoms with Crippen molar-refractivity contribution >= 4 is 6.03 Å². The van der Waals surface area contributed by atoms with E-state index in [1.165, 1.54) is 0 Å². The second kappa shape index (κ2) is 7.56. The summed E-state index contributed by atoms with van der Waals surface area (Å²) in [5, 5.41) is 5.30. The predicted molar refractivity (Wildman–Crippen MR) is 70.6 cm³/mol. The number of rotatable bonds is 7. The van der Waals surface area contributed by atoms with Gasteiger partial charge in [-0.15, -0.1) is 0 Å². The van der Waals surface area contributed by atoms with Gasteiger partial charge in [-0.25, -0.2) is 4.79 Å². The molecule has 1 aliphatic heterocycles. The molecule has 0 radical (unpaired) electrons. The van der Waals surface area contributed by atoms with Crippen molar-refractivity contribution in [2.45, 2.75) is 6.54 Å². The molecule has 110 valence electrons. The Kier molecular flexibility index (Phi) is 5.45. The number of carbonyl (C=O) groups excluding carboxylic acids is 1. The van der Waals surface area contributed by atoms with E-state index in [0.717, 1.165) is 11.3 Å².